The third kappa shape index (κ3) is 4.49. The molecule has 1 heterocycles. The number of halogens is 3. The Morgan fingerprint density at radius 1 is 1.20 bits per heavy atom. The van der Waals surface area contributed by atoms with Gasteiger partial charge in [0.15, 0.2) is 0 Å². The van der Waals surface area contributed by atoms with Crippen molar-refractivity contribution in [3.63, 3.8) is 0 Å². The van der Waals surface area contributed by atoms with Crippen molar-refractivity contribution in [1.82, 2.24) is 10.2 Å². The van der Waals surface area contributed by atoms with E-state index in [0.717, 1.165) is 30.8 Å². The molecule has 20 heavy (non-hydrogen) atoms. The minimum absolute atomic E-state index is 0.503. The third-order valence-electron chi connectivity index (χ3n) is 3.68. The number of hydrogen-bond donors (Lipinski definition) is 1. The van der Waals surface area contributed by atoms with Gasteiger partial charge in [0.05, 0.1) is 5.56 Å². The average molecular weight is 286 g/mol. The molecular formula is C15H21F3N2. The molecule has 1 saturated heterocycles. The zero-order valence-electron chi connectivity index (χ0n) is 11.7. The molecule has 0 aliphatic carbocycles. The third-order valence-corrected chi connectivity index (χ3v) is 3.68. The first kappa shape index (κ1) is 15.3. The van der Waals surface area contributed by atoms with Gasteiger partial charge in [-0.05, 0) is 44.1 Å². The molecule has 1 aliphatic heterocycles. The average Bonchev–Trinajstić information content (AvgIpc) is 2.39. The van der Waals surface area contributed by atoms with Gasteiger partial charge in [0, 0.05) is 19.1 Å². The van der Waals surface area contributed by atoms with Crippen LogP contribution in [-0.2, 0) is 12.7 Å². The summed E-state index contributed by atoms with van der Waals surface area (Å²) in [6.07, 6.45) is -0.585. The molecule has 0 radical (unpaired) electrons. The summed E-state index contributed by atoms with van der Waals surface area (Å²) in [5, 5.41) is 3.47. The van der Waals surface area contributed by atoms with E-state index in [9.17, 15) is 13.2 Å². The molecule has 0 amide bonds. The summed E-state index contributed by atoms with van der Waals surface area (Å²) >= 11 is 0. The maximum atomic E-state index is 12.5. The standard InChI is InChI=1S/C15H21F3N2/c1-20(11-14-4-2-3-9-19-14)10-12-5-7-13(8-6-12)15(16,17)18/h5-8,14,19H,2-4,9-11H2,1H3. The van der Waals surface area contributed by atoms with Crippen LogP contribution >= 0.6 is 0 Å². The first-order valence-electron chi connectivity index (χ1n) is 7.03. The summed E-state index contributed by atoms with van der Waals surface area (Å²) in [5.41, 5.74) is 0.328. The van der Waals surface area contributed by atoms with Crippen LogP contribution in [0.1, 0.15) is 30.4 Å². The molecule has 0 aromatic heterocycles. The molecule has 5 heteroatoms. The molecule has 0 spiro atoms. The van der Waals surface area contributed by atoms with E-state index in [1.54, 1.807) is 12.1 Å². The Morgan fingerprint density at radius 3 is 2.45 bits per heavy atom. The Labute approximate surface area is 118 Å². The Kier molecular flexibility index (Phi) is 5.05. The number of piperidine rings is 1. The predicted molar refractivity (Wildman–Crippen MR) is 73.4 cm³/mol. The molecule has 2 nitrogen and oxygen atoms in total. The smallest absolute Gasteiger partial charge is 0.313 e. The van der Waals surface area contributed by atoms with E-state index in [-0.39, 0.29) is 0 Å². The first-order valence-corrected chi connectivity index (χ1v) is 7.03. The zero-order chi connectivity index (χ0) is 14.6. The summed E-state index contributed by atoms with van der Waals surface area (Å²) in [5.74, 6) is 0. The maximum absolute atomic E-state index is 12.5. The number of benzene rings is 1. The molecular weight excluding hydrogens is 265 g/mol. The molecule has 1 N–H and O–H groups in total. The van der Waals surface area contributed by atoms with Gasteiger partial charge >= 0.3 is 6.18 Å². The van der Waals surface area contributed by atoms with Gasteiger partial charge in [0.2, 0.25) is 0 Å². The zero-order valence-corrected chi connectivity index (χ0v) is 11.7. The minimum atomic E-state index is -4.25. The monoisotopic (exact) mass is 286 g/mol. The fourth-order valence-corrected chi connectivity index (χ4v) is 2.63. The van der Waals surface area contributed by atoms with Gasteiger partial charge in [-0.15, -0.1) is 0 Å². The molecule has 2 rings (SSSR count). The number of likely N-dealkylation sites (N-methyl/N-ethyl adjacent to an activating group) is 1. The Bertz CT molecular complexity index is 408. The molecule has 1 aromatic rings. The number of nitrogens with one attached hydrogen (secondary N) is 1. The summed E-state index contributed by atoms with van der Waals surface area (Å²) in [7, 11) is 2.01. The second-order valence-electron chi connectivity index (χ2n) is 5.54. The largest absolute Gasteiger partial charge is 0.416 e. The van der Waals surface area contributed by atoms with E-state index in [0.29, 0.717) is 12.6 Å². The highest BCUT2D eigenvalue weighted by atomic mass is 19.4. The maximum Gasteiger partial charge on any atom is 0.416 e. The van der Waals surface area contributed by atoms with Crippen LogP contribution in [0.3, 0.4) is 0 Å². The number of hydrogen-bond acceptors (Lipinski definition) is 2. The Balaban J connectivity index is 1.86. The number of alkyl halides is 3. The van der Waals surface area contributed by atoms with Crippen molar-refractivity contribution >= 4 is 0 Å². The fourth-order valence-electron chi connectivity index (χ4n) is 2.63. The normalized spacial score (nSPS) is 20.4. The summed E-state index contributed by atoms with van der Waals surface area (Å²) in [6, 6.07) is 5.94. The van der Waals surface area contributed by atoms with E-state index < -0.39 is 11.7 Å². The van der Waals surface area contributed by atoms with E-state index in [1.165, 1.54) is 19.3 Å². The van der Waals surface area contributed by atoms with Crippen molar-refractivity contribution in [1.29, 1.82) is 0 Å². The van der Waals surface area contributed by atoms with Gasteiger partial charge in [-0.3, -0.25) is 0 Å². The van der Waals surface area contributed by atoms with Gasteiger partial charge < -0.3 is 10.2 Å². The van der Waals surface area contributed by atoms with Crippen molar-refractivity contribution in [2.45, 2.75) is 38.0 Å². The van der Waals surface area contributed by atoms with Crippen molar-refractivity contribution in [3.8, 4) is 0 Å². The molecule has 1 aliphatic rings. The Morgan fingerprint density at radius 2 is 1.90 bits per heavy atom. The van der Waals surface area contributed by atoms with Crippen LogP contribution < -0.4 is 5.32 Å². The van der Waals surface area contributed by atoms with Crippen molar-refractivity contribution in [2.24, 2.45) is 0 Å². The highest BCUT2D eigenvalue weighted by molar-refractivity contribution is 5.24. The van der Waals surface area contributed by atoms with Gasteiger partial charge in [-0.25, -0.2) is 0 Å². The molecule has 1 aromatic carbocycles. The van der Waals surface area contributed by atoms with Crippen LogP contribution in [0.2, 0.25) is 0 Å². The molecule has 1 fully saturated rings. The molecule has 0 bridgehead atoms. The SMILES string of the molecule is CN(Cc1ccc(C(F)(F)F)cc1)CC1CCCCN1. The van der Waals surface area contributed by atoms with Crippen LogP contribution in [0.5, 0.6) is 0 Å². The van der Waals surface area contributed by atoms with Crippen molar-refractivity contribution in [3.05, 3.63) is 35.4 Å². The lowest BCUT2D eigenvalue weighted by Crippen LogP contribution is -2.42. The topological polar surface area (TPSA) is 15.3 Å². The van der Waals surface area contributed by atoms with Gasteiger partial charge in [-0.2, -0.15) is 13.2 Å². The summed E-state index contributed by atoms with van der Waals surface area (Å²) in [4.78, 5) is 2.16. The van der Waals surface area contributed by atoms with Crippen molar-refractivity contribution < 1.29 is 13.2 Å². The van der Waals surface area contributed by atoms with Gasteiger partial charge in [-0.1, -0.05) is 18.6 Å². The van der Waals surface area contributed by atoms with E-state index in [1.807, 2.05) is 7.05 Å². The van der Waals surface area contributed by atoms with Crippen LogP contribution in [-0.4, -0.2) is 31.1 Å². The van der Waals surface area contributed by atoms with E-state index in [2.05, 4.69) is 10.2 Å². The van der Waals surface area contributed by atoms with Crippen LogP contribution in [0.4, 0.5) is 13.2 Å². The predicted octanol–water partition coefficient (Wildman–Crippen LogP) is 3.28. The molecule has 0 saturated carbocycles. The summed E-state index contributed by atoms with van der Waals surface area (Å²) in [6.45, 7) is 2.68. The van der Waals surface area contributed by atoms with Crippen LogP contribution in [0.25, 0.3) is 0 Å². The fraction of sp³-hybridized carbons (Fsp3) is 0.600. The van der Waals surface area contributed by atoms with E-state index in [4.69, 9.17) is 0 Å². The number of nitrogens with zero attached hydrogens (tertiary/aromatic N) is 1. The lowest BCUT2D eigenvalue weighted by Gasteiger charge is -2.28. The highest BCUT2D eigenvalue weighted by Gasteiger charge is 2.29. The molecule has 1 unspecified atom stereocenters. The second-order valence-corrected chi connectivity index (χ2v) is 5.54. The second kappa shape index (κ2) is 6.59. The van der Waals surface area contributed by atoms with Crippen LogP contribution in [0, 0.1) is 0 Å². The van der Waals surface area contributed by atoms with Gasteiger partial charge in [0.1, 0.15) is 0 Å². The molecule has 112 valence electrons. The first-order chi connectivity index (χ1) is 9.45. The minimum Gasteiger partial charge on any atom is -0.313 e. The Hall–Kier alpha value is -1.07. The number of rotatable bonds is 4. The van der Waals surface area contributed by atoms with Crippen molar-refractivity contribution in [2.75, 3.05) is 20.1 Å². The summed E-state index contributed by atoms with van der Waals surface area (Å²) < 4.78 is 37.4. The van der Waals surface area contributed by atoms with Gasteiger partial charge in [0.25, 0.3) is 0 Å². The highest BCUT2D eigenvalue weighted by Crippen LogP contribution is 2.29. The van der Waals surface area contributed by atoms with E-state index >= 15 is 0 Å². The lowest BCUT2D eigenvalue weighted by atomic mass is 10.0. The lowest BCUT2D eigenvalue weighted by molar-refractivity contribution is -0.137. The molecule has 1 atom stereocenters. The quantitative estimate of drug-likeness (QED) is 0.914. The van der Waals surface area contributed by atoms with Crippen LogP contribution in [0.15, 0.2) is 24.3 Å².